The van der Waals surface area contributed by atoms with Gasteiger partial charge in [0.05, 0.1) is 0 Å². The van der Waals surface area contributed by atoms with E-state index >= 15 is 0 Å². The van der Waals surface area contributed by atoms with Crippen molar-refractivity contribution >= 4 is 5.57 Å². The molecule has 0 heterocycles. The van der Waals surface area contributed by atoms with Gasteiger partial charge >= 0.3 is 0 Å². The summed E-state index contributed by atoms with van der Waals surface area (Å²) in [5, 5.41) is 0. The summed E-state index contributed by atoms with van der Waals surface area (Å²) in [4.78, 5) is 0. The minimum atomic E-state index is -0.781. The molecule has 1 atom stereocenters. The van der Waals surface area contributed by atoms with E-state index in [9.17, 15) is 8.78 Å². The number of benzene rings is 2. The maximum absolute atomic E-state index is 14.3. The van der Waals surface area contributed by atoms with Gasteiger partial charge in [-0.05, 0) is 66.7 Å². The van der Waals surface area contributed by atoms with Gasteiger partial charge in [0.15, 0.2) is 11.6 Å². The highest BCUT2D eigenvalue weighted by molar-refractivity contribution is 5.75. The number of halogens is 2. The van der Waals surface area contributed by atoms with Crippen LogP contribution in [0.3, 0.4) is 0 Å². The van der Waals surface area contributed by atoms with Crippen LogP contribution in [0.5, 0.6) is 0 Å². The van der Waals surface area contributed by atoms with Crippen LogP contribution < -0.4 is 0 Å². The number of hydrogen-bond donors (Lipinski definition) is 0. The van der Waals surface area contributed by atoms with Crippen molar-refractivity contribution in [3.8, 4) is 0 Å². The fourth-order valence-corrected chi connectivity index (χ4v) is 5.06. The Kier molecular flexibility index (Phi) is 10.6. The summed E-state index contributed by atoms with van der Waals surface area (Å²) < 4.78 is 28.0. The van der Waals surface area contributed by atoms with Crippen LogP contribution >= 0.6 is 0 Å². The Balaban J connectivity index is 1.61. The van der Waals surface area contributed by atoms with Crippen molar-refractivity contribution in [1.29, 1.82) is 0 Å². The van der Waals surface area contributed by atoms with E-state index in [2.05, 4.69) is 50.3 Å². The first kappa shape index (κ1) is 26.4. The highest BCUT2D eigenvalue weighted by Crippen LogP contribution is 2.41. The number of rotatable bonds is 14. The quantitative estimate of drug-likeness (QED) is 0.244. The average molecular weight is 465 g/mol. The Morgan fingerprint density at radius 1 is 0.735 bits per heavy atom. The van der Waals surface area contributed by atoms with Gasteiger partial charge in [-0.15, -0.1) is 0 Å². The standard InChI is InChI=1S/C32H42F2/c1-3-5-7-8-9-12-26-15-17-27(18-16-26)19-23-32(22-10-6-4-2)24-20-28(21-25-32)29-13-11-14-30(33)31(29)34/h11,13-18,20-21,24H,3-10,12,19,22-23,25H2,1-2H3. The first-order chi connectivity index (χ1) is 16.6. The molecule has 0 aliphatic heterocycles. The zero-order chi connectivity index (χ0) is 24.2. The predicted molar refractivity (Wildman–Crippen MR) is 142 cm³/mol. The first-order valence-corrected chi connectivity index (χ1v) is 13.5. The molecule has 2 aromatic rings. The normalized spacial score (nSPS) is 17.7. The van der Waals surface area contributed by atoms with Crippen LogP contribution in [0.15, 0.2) is 60.7 Å². The molecular weight excluding hydrogens is 422 g/mol. The predicted octanol–water partition coefficient (Wildman–Crippen LogP) is 10.0. The van der Waals surface area contributed by atoms with Crippen molar-refractivity contribution in [1.82, 2.24) is 0 Å². The maximum Gasteiger partial charge on any atom is 0.166 e. The Labute approximate surface area is 206 Å². The Bertz CT molecular complexity index is 938. The molecule has 2 aromatic carbocycles. The maximum atomic E-state index is 14.3. The summed E-state index contributed by atoms with van der Waals surface area (Å²) in [5.41, 5.74) is 4.10. The molecule has 2 heteroatoms. The molecule has 1 unspecified atom stereocenters. The van der Waals surface area contributed by atoms with Gasteiger partial charge in [0, 0.05) is 5.56 Å². The average Bonchev–Trinajstić information content (AvgIpc) is 2.86. The highest BCUT2D eigenvalue weighted by atomic mass is 19.2. The van der Waals surface area contributed by atoms with E-state index in [1.54, 1.807) is 12.1 Å². The van der Waals surface area contributed by atoms with Gasteiger partial charge in [0.1, 0.15) is 0 Å². The van der Waals surface area contributed by atoms with E-state index < -0.39 is 11.6 Å². The first-order valence-electron chi connectivity index (χ1n) is 13.5. The molecule has 0 fully saturated rings. The molecule has 1 aliphatic rings. The smallest absolute Gasteiger partial charge is 0.166 e. The van der Waals surface area contributed by atoms with Gasteiger partial charge < -0.3 is 0 Å². The van der Waals surface area contributed by atoms with Crippen LogP contribution in [0.1, 0.15) is 101 Å². The topological polar surface area (TPSA) is 0 Å². The Morgan fingerprint density at radius 3 is 2.09 bits per heavy atom. The van der Waals surface area contributed by atoms with Crippen LogP contribution in [0.4, 0.5) is 8.78 Å². The van der Waals surface area contributed by atoms with Gasteiger partial charge in [-0.3, -0.25) is 0 Å². The minimum Gasteiger partial charge on any atom is -0.204 e. The van der Waals surface area contributed by atoms with Crippen molar-refractivity contribution in [2.24, 2.45) is 5.41 Å². The largest absolute Gasteiger partial charge is 0.204 e. The van der Waals surface area contributed by atoms with Crippen LogP contribution in [0, 0.1) is 17.0 Å². The number of aryl methyl sites for hydroxylation is 2. The van der Waals surface area contributed by atoms with Crippen LogP contribution in [0.25, 0.3) is 5.57 Å². The third-order valence-corrected chi connectivity index (χ3v) is 7.39. The monoisotopic (exact) mass is 464 g/mol. The third kappa shape index (κ3) is 7.65. The molecule has 184 valence electrons. The van der Waals surface area contributed by atoms with Crippen LogP contribution in [-0.4, -0.2) is 0 Å². The second-order valence-electron chi connectivity index (χ2n) is 10.1. The molecule has 0 bridgehead atoms. The van der Waals surface area contributed by atoms with Gasteiger partial charge in [0.2, 0.25) is 0 Å². The fraction of sp³-hybridized carbons (Fsp3) is 0.500. The van der Waals surface area contributed by atoms with E-state index in [0.717, 1.165) is 31.3 Å². The SMILES string of the molecule is CCCCCCCc1ccc(CCC2(CCCCC)C=CC(c3cccc(F)c3F)=CC2)cc1. The lowest BCUT2D eigenvalue weighted by atomic mass is 9.72. The molecule has 0 N–H and O–H groups in total. The van der Waals surface area contributed by atoms with Gasteiger partial charge in [-0.2, -0.15) is 0 Å². The summed E-state index contributed by atoms with van der Waals surface area (Å²) in [6.45, 7) is 4.49. The zero-order valence-corrected chi connectivity index (χ0v) is 21.2. The molecule has 0 amide bonds. The molecule has 0 saturated carbocycles. The summed E-state index contributed by atoms with van der Waals surface area (Å²) in [7, 11) is 0. The second-order valence-corrected chi connectivity index (χ2v) is 10.1. The number of hydrogen-bond acceptors (Lipinski definition) is 0. The molecule has 0 nitrogen and oxygen atoms in total. The Hall–Kier alpha value is -2.22. The van der Waals surface area contributed by atoms with Crippen molar-refractivity contribution in [3.63, 3.8) is 0 Å². The van der Waals surface area contributed by atoms with Crippen molar-refractivity contribution in [2.45, 2.75) is 97.3 Å². The molecule has 0 spiro atoms. The van der Waals surface area contributed by atoms with Gasteiger partial charge in [-0.1, -0.05) is 113 Å². The summed E-state index contributed by atoms with van der Waals surface area (Å²) in [6.07, 6.45) is 22.0. The lowest BCUT2D eigenvalue weighted by Crippen LogP contribution is -2.21. The van der Waals surface area contributed by atoms with Crippen LogP contribution in [0.2, 0.25) is 0 Å². The molecule has 34 heavy (non-hydrogen) atoms. The lowest BCUT2D eigenvalue weighted by Gasteiger charge is -2.33. The highest BCUT2D eigenvalue weighted by Gasteiger charge is 2.28. The molecule has 0 saturated heterocycles. The van der Waals surface area contributed by atoms with Gasteiger partial charge in [0.25, 0.3) is 0 Å². The van der Waals surface area contributed by atoms with Crippen molar-refractivity contribution < 1.29 is 8.78 Å². The third-order valence-electron chi connectivity index (χ3n) is 7.39. The van der Waals surface area contributed by atoms with E-state index in [-0.39, 0.29) is 5.41 Å². The van der Waals surface area contributed by atoms with E-state index in [4.69, 9.17) is 0 Å². The van der Waals surface area contributed by atoms with E-state index in [1.807, 2.05) is 6.08 Å². The zero-order valence-electron chi connectivity index (χ0n) is 21.2. The summed E-state index contributed by atoms with van der Waals surface area (Å²) in [5.74, 6) is -1.53. The molecule has 1 aliphatic carbocycles. The fourth-order valence-electron chi connectivity index (χ4n) is 5.06. The summed E-state index contributed by atoms with van der Waals surface area (Å²) in [6, 6.07) is 13.7. The van der Waals surface area contributed by atoms with Crippen molar-refractivity contribution in [2.75, 3.05) is 0 Å². The molecule has 0 aromatic heterocycles. The molecule has 3 rings (SSSR count). The van der Waals surface area contributed by atoms with E-state index in [1.165, 1.54) is 75.0 Å². The number of unbranched alkanes of at least 4 members (excludes halogenated alkanes) is 6. The van der Waals surface area contributed by atoms with Gasteiger partial charge in [-0.25, -0.2) is 8.78 Å². The Morgan fingerprint density at radius 2 is 1.41 bits per heavy atom. The summed E-state index contributed by atoms with van der Waals surface area (Å²) >= 11 is 0. The molecular formula is C32H42F2. The number of allylic oxidation sites excluding steroid dienone is 4. The lowest BCUT2D eigenvalue weighted by molar-refractivity contribution is 0.311. The van der Waals surface area contributed by atoms with Crippen molar-refractivity contribution in [3.05, 3.63) is 89.0 Å². The minimum absolute atomic E-state index is 0.0976. The van der Waals surface area contributed by atoms with E-state index in [0.29, 0.717) is 5.56 Å². The second kappa shape index (κ2) is 13.6. The van der Waals surface area contributed by atoms with Crippen LogP contribution in [-0.2, 0) is 12.8 Å². The molecule has 0 radical (unpaired) electrons.